The van der Waals surface area contributed by atoms with Crippen LogP contribution in [0.1, 0.15) is 12.6 Å². The molecule has 2 aromatic heterocycles. The summed E-state index contributed by atoms with van der Waals surface area (Å²) in [4.78, 5) is 3.82. The Morgan fingerprint density at radius 2 is 2.33 bits per heavy atom. The number of nitrogens with zero attached hydrogens (tertiary/aromatic N) is 3. The maximum atomic E-state index is 12.9. The highest BCUT2D eigenvalue weighted by Gasteiger charge is 2.02. The molecule has 0 atom stereocenters. The summed E-state index contributed by atoms with van der Waals surface area (Å²) in [6, 6.07) is 3.61. The first-order chi connectivity index (χ1) is 5.81. The standard InChI is InChI=1S/C8H8FN3/c1-2-6-3-4-8-10-5-7(9)12(8)11-6/h3-5H,2H2,1H3. The van der Waals surface area contributed by atoms with Crippen molar-refractivity contribution in [2.24, 2.45) is 0 Å². The molecule has 0 amide bonds. The van der Waals surface area contributed by atoms with Crippen LogP contribution in [-0.4, -0.2) is 14.6 Å². The molecule has 0 bridgehead atoms. The van der Waals surface area contributed by atoms with E-state index in [9.17, 15) is 4.39 Å². The second-order valence-electron chi connectivity index (χ2n) is 2.53. The third-order valence-corrected chi connectivity index (χ3v) is 1.74. The topological polar surface area (TPSA) is 30.2 Å². The minimum atomic E-state index is -0.416. The van der Waals surface area contributed by atoms with Crippen LogP contribution in [0.5, 0.6) is 0 Å². The number of hydrogen-bond acceptors (Lipinski definition) is 2. The van der Waals surface area contributed by atoms with Crippen molar-refractivity contribution < 1.29 is 4.39 Å². The van der Waals surface area contributed by atoms with Gasteiger partial charge >= 0.3 is 0 Å². The van der Waals surface area contributed by atoms with Gasteiger partial charge in [0.05, 0.1) is 11.9 Å². The third kappa shape index (κ3) is 0.958. The highest BCUT2D eigenvalue weighted by atomic mass is 19.1. The van der Waals surface area contributed by atoms with Crippen LogP contribution in [-0.2, 0) is 6.42 Å². The highest BCUT2D eigenvalue weighted by Crippen LogP contribution is 2.04. The molecular weight excluding hydrogens is 157 g/mol. The van der Waals surface area contributed by atoms with Crippen molar-refractivity contribution >= 4 is 5.65 Å². The van der Waals surface area contributed by atoms with Gasteiger partial charge in [-0.05, 0) is 18.6 Å². The Morgan fingerprint density at radius 1 is 1.50 bits per heavy atom. The van der Waals surface area contributed by atoms with Gasteiger partial charge < -0.3 is 0 Å². The van der Waals surface area contributed by atoms with Crippen LogP contribution in [0.4, 0.5) is 4.39 Å². The Balaban J connectivity index is 2.71. The van der Waals surface area contributed by atoms with Gasteiger partial charge in [-0.2, -0.15) is 14.0 Å². The van der Waals surface area contributed by atoms with Crippen LogP contribution in [0, 0.1) is 5.95 Å². The van der Waals surface area contributed by atoms with Gasteiger partial charge in [-0.1, -0.05) is 6.92 Å². The minimum absolute atomic E-state index is 0.416. The average molecular weight is 165 g/mol. The van der Waals surface area contributed by atoms with Gasteiger partial charge in [0.25, 0.3) is 0 Å². The molecule has 0 radical (unpaired) electrons. The van der Waals surface area contributed by atoms with Crippen molar-refractivity contribution in [1.82, 2.24) is 14.6 Å². The van der Waals surface area contributed by atoms with E-state index in [1.54, 1.807) is 6.07 Å². The first-order valence-corrected chi connectivity index (χ1v) is 3.80. The Morgan fingerprint density at radius 3 is 3.08 bits per heavy atom. The predicted molar refractivity (Wildman–Crippen MR) is 42.3 cm³/mol. The molecule has 12 heavy (non-hydrogen) atoms. The lowest BCUT2D eigenvalue weighted by molar-refractivity contribution is 0.545. The van der Waals surface area contributed by atoms with Crippen LogP contribution in [0.3, 0.4) is 0 Å². The van der Waals surface area contributed by atoms with Gasteiger partial charge in [-0.25, -0.2) is 4.98 Å². The van der Waals surface area contributed by atoms with Crippen LogP contribution in [0.15, 0.2) is 18.3 Å². The lowest BCUT2D eigenvalue weighted by Gasteiger charge is -1.96. The summed E-state index contributed by atoms with van der Waals surface area (Å²) >= 11 is 0. The summed E-state index contributed by atoms with van der Waals surface area (Å²) in [7, 11) is 0. The summed E-state index contributed by atoms with van der Waals surface area (Å²) in [5, 5.41) is 4.03. The zero-order chi connectivity index (χ0) is 8.55. The molecule has 2 heterocycles. The highest BCUT2D eigenvalue weighted by molar-refractivity contribution is 5.36. The largest absolute Gasteiger partial charge is 0.234 e. The lowest BCUT2D eigenvalue weighted by atomic mass is 10.3. The van der Waals surface area contributed by atoms with E-state index in [-0.39, 0.29) is 0 Å². The number of aryl methyl sites for hydroxylation is 1. The molecule has 0 aliphatic carbocycles. The van der Waals surface area contributed by atoms with Crippen LogP contribution in [0.25, 0.3) is 5.65 Å². The van der Waals surface area contributed by atoms with Gasteiger partial charge in [-0.3, -0.25) is 0 Å². The van der Waals surface area contributed by atoms with E-state index < -0.39 is 5.95 Å². The minimum Gasteiger partial charge on any atom is -0.232 e. The Labute approximate surface area is 68.9 Å². The number of fused-ring (bicyclic) bond motifs is 1. The van der Waals surface area contributed by atoms with Gasteiger partial charge in [0.15, 0.2) is 5.65 Å². The van der Waals surface area contributed by atoms with Crippen LogP contribution >= 0.6 is 0 Å². The first-order valence-electron chi connectivity index (χ1n) is 3.80. The van der Waals surface area contributed by atoms with Crippen LogP contribution < -0.4 is 0 Å². The molecule has 4 heteroatoms. The Kier molecular flexibility index (Phi) is 1.53. The van der Waals surface area contributed by atoms with E-state index in [1.807, 2.05) is 13.0 Å². The quantitative estimate of drug-likeness (QED) is 0.639. The molecule has 0 aliphatic heterocycles. The third-order valence-electron chi connectivity index (χ3n) is 1.74. The molecule has 0 aliphatic rings. The smallest absolute Gasteiger partial charge is 0.232 e. The monoisotopic (exact) mass is 165 g/mol. The van der Waals surface area contributed by atoms with E-state index in [4.69, 9.17) is 0 Å². The zero-order valence-electron chi connectivity index (χ0n) is 6.66. The second kappa shape index (κ2) is 2.55. The van der Waals surface area contributed by atoms with Crippen molar-refractivity contribution in [3.63, 3.8) is 0 Å². The lowest BCUT2D eigenvalue weighted by Crippen LogP contribution is -1.98. The molecule has 0 N–H and O–H groups in total. The molecule has 0 unspecified atom stereocenters. The van der Waals surface area contributed by atoms with Crippen molar-refractivity contribution in [2.45, 2.75) is 13.3 Å². The molecule has 0 saturated heterocycles. The van der Waals surface area contributed by atoms with Crippen molar-refractivity contribution in [2.75, 3.05) is 0 Å². The summed E-state index contributed by atoms with van der Waals surface area (Å²) in [6.45, 7) is 1.98. The summed E-state index contributed by atoms with van der Waals surface area (Å²) in [5.41, 5.74) is 1.41. The SMILES string of the molecule is CCc1ccc2ncc(F)n2n1. The zero-order valence-corrected chi connectivity index (χ0v) is 6.66. The number of imidazole rings is 1. The van der Waals surface area contributed by atoms with Gasteiger partial charge in [-0.15, -0.1) is 0 Å². The Hall–Kier alpha value is -1.45. The second-order valence-corrected chi connectivity index (χ2v) is 2.53. The molecule has 3 nitrogen and oxygen atoms in total. The van der Waals surface area contributed by atoms with Gasteiger partial charge in [0.1, 0.15) is 0 Å². The van der Waals surface area contributed by atoms with Crippen molar-refractivity contribution in [3.8, 4) is 0 Å². The fourth-order valence-electron chi connectivity index (χ4n) is 1.07. The number of rotatable bonds is 1. The number of hydrogen-bond donors (Lipinski definition) is 0. The summed E-state index contributed by atoms with van der Waals surface area (Å²) in [5.74, 6) is -0.416. The molecule has 0 spiro atoms. The van der Waals surface area contributed by atoms with E-state index in [1.165, 1.54) is 10.7 Å². The first kappa shape index (κ1) is 7.21. The van der Waals surface area contributed by atoms with E-state index in [2.05, 4.69) is 10.1 Å². The maximum absolute atomic E-state index is 12.9. The summed E-state index contributed by atoms with van der Waals surface area (Å²) in [6.07, 6.45) is 1.97. The van der Waals surface area contributed by atoms with Crippen molar-refractivity contribution in [1.29, 1.82) is 0 Å². The molecule has 2 rings (SSSR count). The number of halogens is 1. The summed E-state index contributed by atoms with van der Waals surface area (Å²) < 4.78 is 14.1. The Bertz CT molecular complexity index is 408. The van der Waals surface area contributed by atoms with Gasteiger partial charge in [0, 0.05) is 0 Å². The molecule has 2 aromatic rings. The van der Waals surface area contributed by atoms with Crippen LogP contribution in [0.2, 0.25) is 0 Å². The molecule has 62 valence electrons. The predicted octanol–water partition coefficient (Wildman–Crippen LogP) is 1.43. The van der Waals surface area contributed by atoms with E-state index >= 15 is 0 Å². The fourth-order valence-corrected chi connectivity index (χ4v) is 1.07. The molecular formula is C8H8FN3. The maximum Gasteiger partial charge on any atom is 0.234 e. The van der Waals surface area contributed by atoms with Gasteiger partial charge in [0.2, 0.25) is 5.95 Å². The molecule has 0 aromatic carbocycles. The average Bonchev–Trinajstić information content (AvgIpc) is 2.47. The molecule has 0 saturated carbocycles. The van der Waals surface area contributed by atoms with Crippen molar-refractivity contribution in [3.05, 3.63) is 30.0 Å². The molecule has 0 fully saturated rings. The normalized spacial score (nSPS) is 10.8. The van der Waals surface area contributed by atoms with E-state index in [0.29, 0.717) is 5.65 Å². The fraction of sp³-hybridized carbons (Fsp3) is 0.250. The number of aromatic nitrogens is 3. The van der Waals surface area contributed by atoms with E-state index in [0.717, 1.165) is 12.1 Å².